The van der Waals surface area contributed by atoms with Crippen LogP contribution in [0.4, 0.5) is 0 Å². The maximum atomic E-state index is 11.7. The highest BCUT2D eigenvalue weighted by molar-refractivity contribution is 5.77. The summed E-state index contributed by atoms with van der Waals surface area (Å²) in [5.74, 6) is 0.999. The smallest absolute Gasteiger partial charge is 0.248 e. The number of hydrogen-bond acceptors (Lipinski definition) is 6. The fourth-order valence-electron chi connectivity index (χ4n) is 2.49. The zero-order valence-electron chi connectivity index (χ0n) is 11.7. The maximum Gasteiger partial charge on any atom is 0.248 e. The second-order valence-electron chi connectivity index (χ2n) is 5.36. The summed E-state index contributed by atoms with van der Waals surface area (Å²) in [6.45, 7) is 4.12. The highest BCUT2D eigenvalue weighted by atomic mass is 16.5. The van der Waals surface area contributed by atoms with E-state index in [4.69, 9.17) is 4.74 Å². The second kappa shape index (κ2) is 5.84. The minimum absolute atomic E-state index is 0.0648. The minimum atomic E-state index is 0.0648. The quantitative estimate of drug-likeness (QED) is 0.710. The fourth-order valence-corrected chi connectivity index (χ4v) is 2.49. The zero-order valence-corrected chi connectivity index (χ0v) is 11.7. The van der Waals surface area contributed by atoms with Crippen molar-refractivity contribution in [1.82, 2.24) is 30.0 Å². The van der Waals surface area contributed by atoms with E-state index in [-0.39, 0.29) is 12.5 Å². The van der Waals surface area contributed by atoms with Crippen molar-refractivity contribution < 1.29 is 9.53 Å². The molecule has 0 aromatic carbocycles. The lowest BCUT2D eigenvalue weighted by Gasteiger charge is -2.34. The summed E-state index contributed by atoms with van der Waals surface area (Å²) >= 11 is 0. The summed E-state index contributed by atoms with van der Waals surface area (Å²) in [6.07, 6.45) is 2.36. The van der Waals surface area contributed by atoms with Gasteiger partial charge in [0, 0.05) is 33.3 Å². The van der Waals surface area contributed by atoms with E-state index in [1.807, 2.05) is 9.58 Å². The summed E-state index contributed by atoms with van der Waals surface area (Å²) < 4.78 is 6.83. The number of amides is 1. The van der Waals surface area contributed by atoms with Crippen molar-refractivity contribution in [3.05, 3.63) is 5.82 Å². The van der Waals surface area contributed by atoms with Crippen molar-refractivity contribution in [1.29, 1.82) is 0 Å². The number of aromatic nitrogens is 4. The molecule has 3 rings (SSSR count). The van der Waals surface area contributed by atoms with Crippen molar-refractivity contribution in [2.24, 2.45) is 0 Å². The molecule has 110 valence electrons. The Hall–Kier alpha value is -1.54. The van der Waals surface area contributed by atoms with Gasteiger partial charge in [-0.05, 0) is 23.3 Å². The Morgan fingerprint density at radius 2 is 2.05 bits per heavy atom. The van der Waals surface area contributed by atoms with Crippen LogP contribution in [0.2, 0.25) is 0 Å². The number of piperazine rings is 1. The van der Waals surface area contributed by atoms with Crippen molar-refractivity contribution >= 4 is 5.91 Å². The highest BCUT2D eigenvalue weighted by Gasteiger charge is 2.29. The molecule has 0 spiro atoms. The molecule has 1 saturated heterocycles. The summed E-state index contributed by atoms with van der Waals surface area (Å²) in [6, 6.07) is 0.504. The van der Waals surface area contributed by atoms with Gasteiger partial charge in [0.25, 0.3) is 0 Å². The Bertz CT molecular complexity index is 464. The van der Waals surface area contributed by atoms with Gasteiger partial charge in [0.2, 0.25) is 5.91 Å². The monoisotopic (exact) mass is 280 g/mol. The van der Waals surface area contributed by atoms with Gasteiger partial charge in [-0.15, -0.1) is 5.10 Å². The lowest BCUT2D eigenvalue weighted by Crippen LogP contribution is -2.49. The minimum Gasteiger partial charge on any atom is -0.375 e. The number of carbonyl (C=O) groups excluding carboxylic acids is 1. The third-order valence-corrected chi connectivity index (χ3v) is 3.81. The largest absolute Gasteiger partial charge is 0.375 e. The van der Waals surface area contributed by atoms with Gasteiger partial charge < -0.3 is 9.64 Å². The van der Waals surface area contributed by atoms with Gasteiger partial charge >= 0.3 is 0 Å². The van der Waals surface area contributed by atoms with Gasteiger partial charge in [-0.25, -0.2) is 4.68 Å². The van der Waals surface area contributed by atoms with E-state index >= 15 is 0 Å². The first kappa shape index (κ1) is 13.4. The van der Waals surface area contributed by atoms with Crippen molar-refractivity contribution in [3.8, 4) is 0 Å². The van der Waals surface area contributed by atoms with Crippen molar-refractivity contribution in [2.75, 3.05) is 39.9 Å². The van der Waals surface area contributed by atoms with Crippen LogP contribution >= 0.6 is 0 Å². The van der Waals surface area contributed by atoms with Gasteiger partial charge in [0.15, 0.2) is 5.82 Å². The third kappa shape index (κ3) is 2.96. The van der Waals surface area contributed by atoms with Crippen LogP contribution in [0.15, 0.2) is 0 Å². The molecule has 2 heterocycles. The molecule has 0 atom stereocenters. The van der Waals surface area contributed by atoms with E-state index in [0.29, 0.717) is 6.04 Å². The molecule has 0 N–H and O–H groups in total. The molecule has 1 aliphatic carbocycles. The number of methoxy groups -OCH3 is 1. The molecule has 1 aromatic heterocycles. The average molecular weight is 280 g/mol. The Kier molecular flexibility index (Phi) is 3.93. The lowest BCUT2D eigenvalue weighted by atomic mass is 10.3. The maximum absolute atomic E-state index is 11.7. The molecule has 0 radical (unpaired) electrons. The van der Waals surface area contributed by atoms with Crippen molar-refractivity contribution in [2.45, 2.75) is 25.4 Å². The number of hydrogen-bond donors (Lipinski definition) is 0. The molecule has 8 nitrogen and oxygen atoms in total. The van der Waals surface area contributed by atoms with Crippen LogP contribution in [0.3, 0.4) is 0 Å². The SMILES string of the molecule is COCC(=O)N1CCN(Cc2nnnn2C2CC2)CC1. The normalized spacial score (nSPS) is 20.4. The van der Waals surface area contributed by atoms with E-state index in [1.54, 1.807) is 7.11 Å². The van der Waals surface area contributed by atoms with Crippen LogP contribution in [-0.4, -0.2) is 75.8 Å². The van der Waals surface area contributed by atoms with E-state index < -0.39 is 0 Å². The first-order chi connectivity index (χ1) is 9.78. The zero-order chi connectivity index (χ0) is 13.9. The first-order valence-corrected chi connectivity index (χ1v) is 7.03. The Balaban J connectivity index is 1.51. The van der Waals surface area contributed by atoms with Crippen molar-refractivity contribution in [3.63, 3.8) is 0 Å². The molecular formula is C12H20N6O2. The van der Waals surface area contributed by atoms with E-state index in [1.165, 1.54) is 12.8 Å². The molecule has 2 fully saturated rings. The van der Waals surface area contributed by atoms with Gasteiger partial charge in [0.05, 0.1) is 12.6 Å². The Morgan fingerprint density at radius 3 is 2.70 bits per heavy atom. The van der Waals surface area contributed by atoms with Crippen LogP contribution in [0.25, 0.3) is 0 Å². The molecular weight excluding hydrogens is 260 g/mol. The van der Waals surface area contributed by atoms with E-state index in [0.717, 1.165) is 38.5 Å². The molecule has 1 saturated carbocycles. The number of ether oxygens (including phenoxy) is 1. The standard InChI is InChI=1S/C12H20N6O2/c1-20-9-12(19)17-6-4-16(5-7-17)8-11-13-14-15-18(11)10-2-3-10/h10H,2-9H2,1H3. The Labute approximate surface area is 117 Å². The lowest BCUT2D eigenvalue weighted by molar-refractivity contribution is -0.136. The van der Waals surface area contributed by atoms with E-state index in [2.05, 4.69) is 20.4 Å². The van der Waals surface area contributed by atoms with Gasteiger partial charge in [-0.1, -0.05) is 0 Å². The summed E-state index contributed by atoms with van der Waals surface area (Å²) in [5.41, 5.74) is 0. The van der Waals surface area contributed by atoms with Crippen LogP contribution in [0.5, 0.6) is 0 Å². The molecule has 0 unspecified atom stereocenters. The number of nitrogens with zero attached hydrogens (tertiary/aromatic N) is 6. The summed E-state index contributed by atoms with van der Waals surface area (Å²) in [5, 5.41) is 11.9. The molecule has 2 aliphatic rings. The van der Waals surface area contributed by atoms with Gasteiger partial charge in [0.1, 0.15) is 6.61 Å². The van der Waals surface area contributed by atoms with Gasteiger partial charge in [-0.2, -0.15) is 0 Å². The predicted molar refractivity (Wildman–Crippen MR) is 69.8 cm³/mol. The van der Waals surface area contributed by atoms with Crippen LogP contribution < -0.4 is 0 Å². The predicted octanol–water partition coefficient (Wildman–Crippen LogP) is -0.701. The number of tetrazole rings is 1. The molecule has 0 bridgehead atoms. The molecule has 1 amide bonds. The molecule has 1 aliphatic heterocycles. The van der Waals surface area contributed by atoms with Crippen LogP contribution in [0, 0.1) is 0 Å². The molecule has 1 aromatic rings. The van der Waals surface area contributed by atoms with Gasteiger partial charge in [-0.3, -0.25) is 9.69 Å². The molecule has 8 heteroatoms. The second-order valence-corrected chi connectivity index (χ2v) is 5.36. The third-order valence-electron chi connectivity index (χ3n) is 3.81. The summed E-state index contributed by atoms with van der Waals surface area (Å²) in [4.78, 5) is 15.9. The van der Waals surface area contributed by atoms with Crippen LogP contribution in [0.1, 0.15) is 24.7 Å². The van der Waals surface area contributed by atoms with Crippen LogP contribution in [-0.2, 0) is 16.1 Å². The first-order valence-electron chi connectivity index (χ1n) is 7.03. The average Bonchev–Trinajstić information content (AvgIpc) is 3.20. The number of carbonyl (C=O) groups is 1. The highest BCUT2D eigenvalue weighted by Crippen LogP contribution is 2.34. The summed E-state index contributed by atoms with van der Waals surface area (Å²) in [7, 11) is 1.55. The fraction of sp³-hybridized carbons (Fsp3) is 0.833. The number of rotatable bonds is 5. The molecule has 20 heavy (non-hydrogen) atoms. The Morgan fingerprint density at radius 1 is 1.30 bits per heavy atom. The topological polar surface area (TPSA) is 76.4 Å². The van der Waals surface area contributed by atoms with E-state index in [9.17, 15) is 4.79 Å².